The van der Waals surface area contributed by atoms with Crippen molar-refractivity contribution in [2.45, 2.75) is 47.5 Å². The topological polar surface area (TPSA) is 71.2 Å². The summed E-state index contributed by atoms with van der Waals surface area (Å²) in [7, 11) is 0. The molecule has 1 aromatic heterocycles. The molecule has 0 radical (unpaired) electrons. The Hall–Kier alpha value is -2.56. The molecule has 1 aromatic carbocycles. The van der Waals surface area contributed by atoms with Crippen molar-refractivity contribution in [3.05, 3.63) is 51.8 Å². The third kappa shape index (κ3) is 4.29. The number of aromatic amines is 1. The van der Waals surface area contributed by atoms with Crippen molar-refractivity contribution in [1.29, 1.82) is 0 Å². The van der Waals surface area contributed by atoms with Crippen molar-refractivity contribution in [1.82, 2.24) is 4.98 Å². The van der Waals surface area contributed by atoms with Crippen LogP contribution in [0.5, 0.6) is 0 Å². The zero-order chi connectivity index (χ0) is 18.6. The van der Waals surface area contributed by atoms with E-state index in [1.54, 1.807) is 6.92 Å². The van der Waals surface area contributed by atoms with Crippen molar-refractivity contribution >= 4 is 17.6 Å². The second kappa shape index (κ2) is 8.01. The Bertz CT molecular complexity index is 770. The van der Waals surface area contributed by atoms with Gasteiger partial charge in [-0.1, -0.05) is 18.2 Å². The number of benzene rings is 1. The second-order valence-electron chi connectivity index (χ2n) is 6.26. The fourth-order valence-electron chi connectivity index (χ4n) is 3.02. The molecule has 2 N–H and O–H groups in total. The van der Waals surface area contributed by atoms with E-state index in [9.17, 15) is 9.59 Å². The number of rotatable bonds is 6. The molecule has 0 atom stereocenters. The first-order valence-electron chi connectivity index (χ1n) is 8.56. The SMILES string of the molecule is CCOC(=O)c1[nH]c(C)c(CCC(=O)Nc2c(C)cccc2C)c1C. The Morgan fingerprint density at radius 2 is 1.76 bits per heavy atom. The molecule has 5 nitrogen and oxygen atoms in total. The van der Waals surface area contributed by atoms with Crippen molar-refractivity contribution in [3.63, 3.8) is 0 Å². The van der Waals surface area contributed by atoms with Gasteiger partial charge in [0.25, 0.3) is 0 Å². The first-order chi connectivity index (χ1) is 11.8. The molecule has 1 amide bonds. The zero-order valence-corrected chi connectivity index (χ0v) is 15.6. The number of carbonyl (C=O) groups is 2. The summed E-state index contributed by atoms with van der Waals surface area (Å²) in [6.07, 6.45) is 0.930. The molecule has 0 spiro atoms. The average Bonchev–Trinajstić information content (AvgIpc) is 2.84. The van der Waals surface area contributed by atoms with Crippen molar-refractivity contribution in [2.75, 3.05) is 11.9 Å². The standard InChI is InChI=1S/C20H26N2O3/c1-6-25-20(24)19-14(4)16(15(5)21-19)10-11-17(23)22-18-12(2)8-7-9-13(18)3/h7-9,21H,6,10-11H2,1-5H3,(H,22,23). The lowest BCUT2D eigenvalue weighted by atomic mass is 10.0. The number of amides is 1. The van der Waals surface area contributed by atoms with Gasteiger partial charge in [-0.2, -0.15) is 0 Å². The Morgan fingerprint density at radius 3 is 2.36 bits per heavy atom. The number of anilines is 1. The minimum Gasteiger partial charge on any atom is -0.461 e. The van der Waals surface area contributed by atoms with E-state index in [0.717, 1.165) is 33.6 Å². The van der Waals surface area contributed by atoms with E-state index in [-0.39, 0.29) is 11.9 Å². The Morgan fingerprint density at radius 1 is 1.12 bits per heavy atom. The van der Waals surface area contributed by atoms with Crippen LogP contribution >= 0.6 is 0 Å². The van der Waals surface area contributed by atoms with Crippen LogP contribution in [0.2, 0.25) is 0 Å². The van der Waals surface area contributed by atoms with Gasteiger partial charge >= 0.3 is 5.97 Å². The Labute approximate surface area is 148 Å². The molecule has 134 valence electrons. The molecule has 0 aliphatic carbocycles. The van der Waals surface area contributed by atoms with Gasteiger partial charge in [-0.3, -0.25) is 4.79 Å². The van der Waals surface area contributed by atoms with Gasteiger partial charge in [0.1, 0.15) is 5.69 Å². The lowest BCUT2D eigenvalue weighted by Gasteiger charge is -2.11. The lowest BCUT2D eigenvalue weighted by molar-refractivity contribution is -0.116. The highest BCUT2D eigenvalue weighted by Gasteiger charge is 2.19. The maximum absolute atomic E-state index is 12.3. The predicted octanol–water partition coefficient (Wildman–Crippen LogP) is 4.00. The first-order valence-corrected chi connectivity index (χ1v) is 8.56. The number of para-hydroxylation sites is 1. The lowest BCUT2D eigenvalue weighted by Crippen LogP contribution is -2.14. The Kier molecular flexibility index (Phi) is 6.02. The summed E-state index contributed by atoms with van der Waals surface area (Å²) in [5, 5.41) is 3.00. The number of carbonyl (C=O) groups excluding carboxylic acids is 2. The monoisotopic (exact) mass is 342 g/mol. The van der Waals surface area contributed by atoms with E-state index < -0.39 is 0 Å². The van der Waals surface area contributed by atoms with Crippen LogP contribution in [0.4, 0.5) is 5.69 Å². The van der Waals surface area contributed by atoms with E-state index in [2.05, 4.69) is 10.3 Å². The highest BCUT2D eigenvalue weighted by Crippen LogP contribution is 2.22. The predicted molar refractivity (Wildman–Crippen MR) is 99.1 cm³/mol. The van der Waals surface area contributed by atoms with Crippen molar-refractivity contribution in [2.24, 2.45) is 0 Å². The van der Waals surface area contributed by atoms with Gasteiger partial charge in [0.05, 0.1) is 6.61 Å². The average molecular weight is 342 g/mol. The molecule has 1 heterocycles. The number of H-pyrrole nitrogens is 1. The molecule has 25 heavy (non-hydrogen) atoms. The number of ether oxygens (including phenoxy) is 1. The summed E-state index contributed by atoms with van der Waals surface area (Å²) in [6.45, 7) is 9.87. The fraction of sp³-hybridized carbons (Fsp3) is 0.400. The number of aromatic nitrogens is 1. The maximum Gasteiger partial charge on any atom is 0.355 e. The van der Waals surface area contributed by atoms with Crippen molar-refractivity contribution in [3.8, 4) is 0 Å². The summed E-state index contributed by atoms with van der Waals surface area (Å²) in [5.41, 5.74) is 6.21. The van der Waals surface area contributed by atoms with Crippen LogP contribution in [-0.2, 0) is 16.0 Å². The molecule has 0 aliphatic rings. The fourth-order valence-corrected chi connectivity index (χ4v) is 3.02. The van der Waals surface area contributed by atoms with Crippen LogP contribution in [0.1, 0.15) is 51.8 Å². The highest BCUT2D eigenvalue weighted by atomic mass is 16.5. The third-order valence-corrected chi connectivity index (χ3v) is 4.42. The van der Waals surface area contributed by atoms with Gasteiger partial charge in [0.15, 0.2) is 0 Å². The van der Waals surface area contributed by atoms with Gasteiger partial charge in [0, 0.05) is 17.8 Å². The molecule has 0 aliphatic heterocycles. The van der Waals surface area contributed by atoms with Gasteiger partial charge in [-0.05, 0) is 63.3 Å². The molecular formula is C20H26N2O3. The van der Waals surface area contributed by atoms with Crippen LogP contribution < -0.4 is 5.32 Å². The van der Waals surface area contributed by atoms with Gasteiger partial charge in [0.2, 0.25) is 5.91 Å². The van der Waals surface area contributed by atoms with E-state index in [1.165, 1.54) is 0 Å². The van der Waals surface area contributed by atoms with Gasteiger partial charge in [-0.15, -0.1) is 0 Å². The zero-order valence-electron chi connectivity index (χ0n) is 15.6. The van der Waals surface area contributed by atoms with Crippen LogP contribution in [0.3, 0.4) is 0 Å². The molecule has 0 saturated carbocycles. The van der Waals surface area contributed by atoms with Gasteiger partial charge < -0.3 is 15.0 Å². The molecule has 0 fully saturated rings. The van der Waals surface area contributed by atoms with E-state index >= 15 is 0 Å². The van der Waals surface area contributed by atoms with Crippen molar-refractivity contribution < 1.29 is 14.3 Å². The van der Waals surface area contributed by atoms with E-state index in [1.807, 2.05) is 45.9 Å². The highest BCUT2D eigenvalue weighted by molar-refractivity contribution is 5.93. The second-order valence-corrected chi connectivity index (χ2v) is 6.26. The molecule has 0 unspecified atom stereocenters. The summed E-state index contributed by atoms with van der Waals surface area (Å²) in [4.78, 5) is 27.4. The minimum absolute atomic E-state index is 0.0323. The number of nitrogens with one attached hydrogen (secondary N) is 2. The van der Waals surface area contributed by atoms with Crippen LogP contribution in [0.25, 0.3) is 0 Å². The molecule has 2 aromatic rings. The summed E-state index contributed by atoms with van der Waals surface area (Å²) in [6, 6.07) is 5.94. The summed E-state index contributed by atoms with van der Waals surface area (Å²) in [5.74, 6) is -0.385. The summed E-state index contributed by atoms with van der Waals surface area (Å²) < 4.78 is 5.06. The quantitative estimate of drug-likeness (QED) is 0.780. The number of aryl methyl sites for hydroxylation is 3. The maximum atomic E-state index is 12.3. The van der Waals surface area contributed by atoms with Gasteiger partial charge in [-0.25, -0.2) is 4.79 Å². The van der Waals surface area contributed by atoms with Crippen LogP contribution in [0, 0.1) is 27.7 Å². The number of hydrogen-bond acceptors (Lipinski definition) is 3. The van der Waals surface area contributed by atoms with E-state index in [4.69, 9.17) is 4.74 Å². The van der Waals surface area contributed by atoms with Crippen LogP contribution in [-0.4, -0.2) is 23.5 Å². The normalized spacial score (nSPS) is 10.6. The molecular weight excluding hydrogens is 316 g/mol. The minimum atomic E-state index is -0.352. The number of hydrogen-bond donors (Lipinski definition) is 2. The molecule has 5 heteroatoms. The molecule has 0 saturated heterocycles. The van der Waals surface area contributed by atoms with E-state index in [0.29, 0.717) is 25.1 Å². The third-order valence-electron chi connectivity index (χ3n) is 4.42. The summed E-state index contributed by atoms with van der Waals surface area (Å²) >= 11 is 0. The largest absolute Gasteiger partial charge is 0.461 e. The molecule has 2 rings (SSSR count). The smallest absolute Gasteiger partial charge is 0.355 e. The first kappa shape index (κ1) is 18.8. The molecule has 0 bridgehead atoms. The Balaban J connectivity index is 2.06. The number of esters is 1. The van der Waals surface area contributed by atoms with Crippen LogP contribution in [0.15, 0.2) is 18.2 Å².